The van der Waals surface area contributed by atoms with E-state index in [1.165, 1.54) is 0 Å². The fraction of sp³-hybridized carbons (Fsp3) is 0.304. The predicted octanol–water partition coefficient (Wildman–Crippen LogP) is 3.52. The molecular weight excluding hydrogens is 366 g/mol. The summed E-state index contributed by atoms with van der Waals surface area (Å²) in [6, 6.07) is 16.0. The lowest BCUT2D eigenvalue weighted by atomic mass is 10.0. The zero-order valence-corrected chi connectivity index (χ0v) is 17.0. The number of hydrogen-bond acceptors (Lipinski definition) is 5. The number of pyridine rings is 1. The van der Waals surface area contributed by atoms with E-state index in [-0.39, 0.29) is 12.0 Å². The molecule has 6 nitrogen and oxygen atoms in total. The van der Waals surface area contributed by atoms with Crippen molar-refractivity contribution in [1.82, 2.24) is 9.88 Å². The third kappa shape index (κ3) is 3.89. The van der Waals surface area contributed by atoms with E-state index in [0.29, 0.717) is 31.1 Å². The van der Waals surface area contributed by atoms with Gasteiger partial charge in [0, 0.05) is 33.4 Å². The fourth-order valence-corrected chi connectivity index (χ4v) is 3.67. The molecule has 0 N–H and O–H groups in total. The monoisotopic (exact) mass is 391 g/mol. The zero-order chi connectivity index (χ0) is 20.4. The summed E-state index contributed by atoms with van der Waals surface area (Å²) in [6.45, 7) is 1.93. The molecule has 1 amide bonds. The van der Waals surface area contributed by atoms with Gasteiger partial charge in [0.15, 0.2) is 0 Å². The van der Waals surface area contributed by atoms with Crippen molar-refractivity contribution in [3.05, 3.63) is 65.9 Å². The minimum Gasteiger partial charge on any atom is -0.497 e. The van der Waals surface area contributed by atoms with Crippen LogP contribution in [0, 0.1) is 0 Å². The second-order valence-corrected chi connectivity index (χ2v) is 7.35. The van der Waals surface area contributed by atoms with Gasteiger partial charge in [-0.3, -0.25) is 4.79 Å². The van der Waals surface area contributed by atoms with E-state index in [9.17, 15) is 4.79 Å². The number of aromatic nitrogens is 1. The molecule has 1 atom stereocenters. The first-order chi connectivity index (χ1) is 14.1. The molecular formula is C23H25N3O3. The van der Waals surface area contributed by atoms with E-state index in [4.69, 9.17) is 9.47 Å². The average Bonchev–Trinajstić information content (AvgIpc) is 2.77. The molecule has 0 unspecified atom stereocenters. The topological polar surface area (TPSA) is 54.9 Å². The van der Waals surface area contributed by atoms with Gasteiger partial charge in [-0.2, -0.15) is 0 Å². The lowest BCUT2D eigenvalue weighted by Gasteiger charge is -2.35. The van der Waals surface area contributed by atoms with Crippen LogP contribution >= 0.6 is 0 Å². The molecule has 1 aliphatic heterocycles. The molecule has 0 aliphatic carbocycles. The number of fused-ring (bicyclic) bond motifs is 1. The number of morpholine rings is 1. The Morgan fingerprint density at radius 1 is 1.17 bits per heavy atom. The third-order valence-corrected chi connectivity index (χ3v) is 5.23. The molecule has 3 aromatic rings. The molecule has 4 rings (SSSR count). The number of rotatable bonds is 4. The van der Waals surface area contributed by atoms with Crippen LogP contribution in [0.4, 0.5) is 5.82 Å². The highest BCUT2D eigenvalue weighted by Crippen LogP contribution is 2.30. The Morgan fingerprint density at radius 3 is 2.76 bits per heavy atom. The van der Waals surface area contributed by atoms with E-state index >= 15 is 0 Å². The van der Waals surface area contributed by atoms with Crippen molar-refractivity contribution in [2.75, 3.05) is 45.8 Å². The molecule has 1 fully saturated rings. The molecule has 1 aromatic heterocycles. The quantitative estimate of drug-likeness (QED) is 0.681. The number of carbonyl (C=O) groups excluding carboxylic acids is 1. The van der Waals surface area contributed by atoms with Gasteiger partial charge in [0.05, 0.1) is 19.3 Å². The molecule has 0 spiro atoms. The number of nitrogens with zero attached hydrogens (tertiary/aromatic N) is 3. The SMILES string of the molecule is COc1ccc2cc([C@@H]3CN(c4ncccc4C(=O)N(C)C)CCO3)ccc2c1. The summed E-state index contributed by atoms with van der Waals surface area (Å²) >= 11 is 0. The standard InChI is InChI=1S/C23H25N3O3/c1-25(2)23(27)20-5-4-10-24-22(20)26-11-12-29-21(15-26)18-7-6-17-14-19(28-3)9-8-16(17)13-18/h4-10,13-14,21H,11-12,15H2,1-3H3/t21-/m0/s1. The van der Waals surface area contributed by atoms with Crippen LogP contribution in [-0.2, 0) is 4.74 Å². The van der Waals surface area contributed by atoms with Crippen LogP contribution < -0.4 is 9.64 Å². The van der Waals surface area contributed by atoms with Crippen molar-refractivity contribution >= 4 is 22.5 Å². The number of carbonyl (C=O) groups is 1. The second-order valence-electron chi connectivity index (χ2n) is 7.35. The molecule has 2 heterocycles. The van der Waals surface area contributed by atoms with Gasteiger partial charge in [-0.1, -0.05) is 18.2 Å². The van der Waals surface area contributed by atoms with Gasteiger partial charge in [0.25, 0.3) is 5.91 Å². The van der Waals surface area contributed by atoms with E-state index in [0.717, 1.165) is 22.1 Å². The number of benzene rings is 2. The van der Waals surface area contributed by atoms with E-state index < -0.39 is 0 Å². The summed E-state index contributed by atoms with van der Waals surface area (Å²) in [5, 5.41) is 2.27. The summed E-state index contributed by atoms with van der Waals surface area (Å²) in [5.74, 6) is 1.51. The number of ether oxygens (including phenoxy) is 2. The minimum absolute atomic E-state index is 0.0456. The van der Waals surface area contributed by atoms with E-state index in [2.05, 4.69) is 34.1 Å². The maximum atomic E-state index is 12.6. The van der Waals surface area contributed by atoms with Gasteiger partial charge < -0.3 is 19.3 Å². The van der Waals surface area contributed by atoms with Crippen molar-refractivity contribution in [2.24, 2.45) is 0 Å². The highest BCUT2D eigenvalue weighted by molar-refractivity contribution is 5.98. The molecule has 150 valence electrons. The Hall–Kier alpha value is -3.12. The Morgan fingerprint density at radius 2 is 1.97 bits per heavy atom. The molecule has 0 bridgehead atoms. The summed E-state index contributed by atoms with van der Waals surface area (Å²) in [7, 11) is 5.18. The summed E-state index contributed by atoms with van der Waals surface area (Å²) < 4.78 is 11.4. The van der Waals surface area contributed by atoms with Crippen LogP contribution in [0.2, 0.25) is 0 Å². The predicted molar refractivity (Wildman–Crippen MR) is 114 cm³/mol. The van der Waals surface area contributed by atoms with Crippen LogP contribution in [0.5, 0.6) is 5.75 Å². The molecule has 1 saturated heterocycles. The van der Waals surface area contributed by atoms with Crippen LogP contribution in [0.25, 0.3) is 10.8 Å². The third-order valence-electron chi connectivity index (χ3n) is 5.23. The number of amides is 1. The fourth-order valence-electron chi connectivity index (χ4n) is 3.67. The minimum atomic E-state index is -0.0837. The van der Waals surface area contributed by atoms with Crippen molar-refractivity contribution < 1.29 is 14.3 Å². The maximum absolute atomic E-state index is 12.6. The first kappa shape index (κ1) is 19.2. The average molecular weight is 391 g/mol. The van der Waals surface area contributed by atoms with Crippen LogP contribution in [0.15, 0.2) is 54.7 Å². The maximum Gasteiger partial charge on any atom is 0.257 e. The highest BCUT2D eigenvalue weighted by Gasteiger charge is 2.26. The zero-order valence-electron chi connectivity index (χ0n) is 17.0. The van der Waals surface area contributed by atoms with Gasteiger partial charge in [-0.15, -0.1) is 0 Å². The summed E-state index contributed by atoms with van der Waals surface area (Å²) in [6.07, 6.45) is 1.65. The van der Waals surface area contributed by atoms with Gasteiger partial charge in [-0.25, -0.2) is 4.98 Å². The van der Waals surface area contributed by atoms with E-state index in [1.54, 1.807) is 38.4 Å². The smallest absolute Gasteiger partial charge is 0.257 e. The number of methoxy groups -OCH3 is 1. The van der Waals surface area contributed by atoms with Crippen molar-refractivity contribution in [3.63, 3.8) is 0 Å². The lowest BCUT2D eigenvalue weighted by molar-refractivity contribution is 0.0394. The molecule has 0 saturated carbocycles. The van der Waals surface area contributed by atoms with Crippen molar-refractivity contribution in [2.45, 2.75) is 6.10 Å². The molecule has 1 aliphatic rings. The van der Waals surface area contributed by atoms with Crippen LogP contribution in [-0.4, -0.2) is 56.7 Å². The molecule has 6 heteroatoms. The van der Waals surface area contributed by atoms with Crippen LogP contribution in [0.1, 0.15) is 22.0 Å². The normalized spacial score (nSPS) is 16.7. The van der Waals surface area contributed by atoms with Gasteiger partial charge in [-0.05, 0) is 46.7 Å². The van der Waals surface area contributed by atoms with Crippen molar-refractivity contribution in [3.8, 4) is 5.75 Å². The highest BCUT2D eigenvalue weighted by atomic mass is 16.5. The molecule has 0 radical (unpaired) electrons. The van der Waals surface area contributed by atoms with Gasteiger partial charge in [0.2, 0.25) is 0 Å². The number of anilines is 1. The Balaban J connectivity index is 1.61. The number of hydrogen-bond donors (Lipinski definition) is 0. The Labute approximate surface area is 170 Å². The van der Waals surface area contributed by atoms with Gasteiger partial charge in [0.1, 0.15) is 17.7 Å². The van der Waals surface area contributed by atoms with E-state index in [1.807, 2.05) is 18.2 Å². The summed E-state index contributed by atoms with van der Waals surface area (Å²) in [4.78, 5) is 20.8. The van der Waals surface area contributed by atoms with Crippen molar-refractivity contribution in [1.29, 1.82) is 0 Å². The second kappa shape index (κ2) is 8.09. The Bertz CT molecular complexity index is 1030. The first-order valence-electron chi connectivity index (χ1n) is 9.68. The lowest BCUT2D eigenvalue weighted by Crippen LogP contribution is -2.40. The summed E-state index contributed by atoms with van der Waals surface area (Å²) in [5.41, 5.74) is 1.73. The largest absolute Gasteiger partial charge is 0.497 e. The van der Waals surface area contributed by atoms with Crippen LogP contribution in [0.3, 0.4) is 0 Å². The molecule has 29 heavy (non-hydrogen) atoms. The Kier molecular flexibility index (Phi) is 5.36. The molecule has 2 aromatic carbocycles. The first-order valence-corrected chi connectivity index (χ1v) is 9.68. The van der Waals surface area contributed by atoms with Gasteiger partial charge >= 0.3 is 0 Å².